The Kier molecular flexibility index (Phi) is 5.25. The van der Waals surface area contributed by atoms with Gasteiger partial charge in [0.2, 0.25) is 5.91 Å². The third-order valence-corrected chi connectivity index (χ3v) is 5.32. The van der Waals surface area contributed by atoms with E-state index in [0.29, 0.717) is 5.58 Å². The number of hydrogen-bond donors (Lipinski definition) is 2. The van der Waals surface area contributed by atoms with Gasteiger partial charge < -0.3 is 14.7 Å². The van der Waals surface area contributed by atoms with Crippen LogP contribution in [0.4, 0.5) is 0 Å². The molecule has 2 heterocycles. The highest BCUT2D eigenvalue weighted by molar-refractivity contribution is 9.11. The number of furan rings is 1. The summed E-state index contributed by atoms with van der Waals surface area (Å²) in [4.78, 5) is 23.7. The highest BCUT2D eigenvalue weighted by atomic mass is 79.9. The van der Waals surface area contributed by atoms with E-state index < -0.39 is 11.8 Å². The lowest BCUT2D eigenvalue weighted by Crippen LogP contribution is -2.18. The molecule has 0 spiro atoms. The molecule has 7 nitrogen and oxygen atoms in total. The number of hydrazone groups is 1. The Balaban J connectivity index is 1.57. The largest absolute Gasteiger partial charge is 0.450 e. The van der Waals surface area contributed by atoms with Gasteiger partial charge in [-0.25, -0.2) is 5.43 Å². The summed E-state index contributed by atoms with van der Waals surface area (Å²) in [6.45, 7) is 0.0597. The van der Waals surface area contributed by atoms with E-state index >= 15 is 0 Å². The van der Waals surface area contributed by atoms with Gasteiger partial charge in [0.05, 0.1) is 10.7 Å². The quantitative estimate of drug-likeness (QED) is 0.307. The number of nitrogens with one attached hydrogen (secondary N) is 1. The minimum absolute atomic E-state index is 0.0597. The minimum Gasteiger partial charge on any atom is -0.450 e. The fourth-order valence-electron chi connectivity index (χ4n) is 3.08. The van der Waals surface area contributed by atoms with Crippen molar-refractivity contribution in [3.8, 4) is 0 Å². The Morgan fingerprint density at radius 3 is 2.79 bits per heavy atom. The van der Waals surface area contributed by atoms with E-state index in [1.807, 2.05) is 36.4 Å². The molecular formula is C20H14Br2N4O3. The van der Waals surface area contributed by atoms with E-state index in [-0.39, 0.29) is 12.3 Å². The summed E-state index contributed by atoms with van der Waals surface area (Å²) < 4.78 is 8.99. The second-order valence-corrected chi connectivity index (χ2v) is 8.08. The summed E-state index contributed by atoms with van der Waals surface area (Å²) in [7, 11) is 0. The van der Waals surface area contributed by atoms with Crippen LogP contribution in [0.1, 0.15) is 16.1 Å². The molecule has 2 aromatic carbocycles. The van der Waals surface area contributed by atoms with Crippen LogP contribution < -0.4 is 11.2 Å². The molecule has 146 valence electrons. The van der Waals surface area contributed by atoms with Crippen molar-refractivity contribution in [2.24, 2.45) is 10.8 Å². The van der Waals surface area contributed by atoms with Crippen molar-refractivity contribution in [2.75, 3.05) is 0 Å². The number of carbonyl (C=O) groups excluding carboxylic acids is 2. The lowest BCUT2D eigenvalue weighted by molar-refractivity contribution is -0.118. The maximum atomic E-state index is 12.4. The van der Waals surface area contributed by atoms with Crippen LogP contribution in [0.25, 0.3) is 21.9 Å². The molecule has 3 N–H and O–H groups in total. The highest BCUT2D eigenvalue weighted by Crippen LogP contribution is 2.31. The number of rotatable bonds is 5. The smallest absolute Gasteiger partial charge is 0.307 e. The molecule has 4 rings (SSSR count). The van der Waals surface area contributed by atoms with Gasteiger partial charge in [0, 0.05) is 32.5 Å². The number of aromatic nitrogens is 1. The average molecular weight is 518 g/mol. The van der Waals surface area contributed by atoms with Crippen LogP contribution in [0.15, 0.2) is 67.1 Å². The van der Waals surface area contributed by atoms with E-state index in [1.165, 1.54) is 6.21 Å². The fraction of sp³-hybridized carbons (Fsp3) is 0.0500. The number of nitrogens with zero attached hydrogens (tertiary/aromatic N) is 2. The van der Waals surface area contributed by atoms with Gasteiger partial charge in [-0.05, 0) is 40.2 Å². The maximum Gasteiger partial charge on any atom is 0.307 e. The van der Waals surface area contributed by atoms with Gasteiger partial charge in [0.25, 0.3) is 0 Å². The van der Waals surface area contributed by atoms with E-state index in [2.05, 4.69) is 42.4 Å². The SMILES string of the molecule is NC(=O)Cn1cc(/C=N\NC(=O)c2cc3cc(Br)cc(Br)c3o2)c2ccccc21. The number of benzene rings is 2. The third-order valence-electron chi connectivity index (χ3n) is 4.27. The Labute approximate surface area is 181 Å². The topological polar surface area (TPSA) is 103 Å². The molecule has 2 aromatic heterocycles. The first kappa shape index (κ1) is 19.4. The zero-order chi connectivity index (χ0) is 20.5. The van der Waals surface area contributed by atoms with Crippen LogP contribution in [-0.4, -0.2) is 22.6 Å². The maximum absolute atomic E-state index is 12.4. The highest BCUT2D eigenvalue weighted by Gasteiger charge is 2.14. The number of halogens is 2. The number of nitrogens with two attached hydrogens (primary N) is 1. The molecule has 0 aliphatic heterocycles. The molecular weight excluding hydrogens is 504 g/mol. The van der Waals surface area contributed by atoms with Crippen molar-refractivity contribution in [2.45, 2.75) is 6.54 Å². The van der Waals surface area contributed by atoms with E-state index in [4.69, 9.17) is 10.2 Å². The first-order valence-electron chi connectivity index (χ1n) is 8.50. The molecule has 2 amide bonds. The standard InChI is InChI=1S/C20H14Br2N4O3/c21-13-5-11-6-17(29-19(11)15(22)7-13)20(28)25-24-8-12-9-26(10-18(23)27)16-4-2-1-3-14(12)16/h1-9H,10H2,(H2,23,27)(H,25,28)/b24-8-. The number of fused-ring (bicyclic) bond motifs is 2. The van der Waals surface area contributed by atoms with Crippen molar-refractivity contribution in [1.29, 1.82) is 0 Å². The summed E-state index contributed by atoms with van der Waals surface area (Å²) >= 11 is 6.82. The van der Waals surface area contributed by atoms with Crippen molar-refractivity contribution < 1.29 is 14.0 Å². The summed E-state index contributed by atoms with van der Waals surface area (Å²) in [6, 6.07) is 12.9. The second-order valence-electron chi connectivity index (χ2n) is 6.31. The third kappa shape index (κ3) is 3.96. The molecule has 0 aliphatic rings. The summed E-state index contributed by atoms with van der Waals surface area (Å²) in [5.41, 5.74) is 9.96. The molecule has 0 saturated heterocycles. The molecule has 0 aliphatic carbocycles. The Hall–Kier alpha value is -2.91. The molecule has 9 heteroatoms. The number of hydrogen-bond acceptors (Lipinski definition) is 4. The Morgan fingerprint density at radius 2 is 2.00 bits per heavy atom. The minimum atomic E-state index is -0.471. The van der Waals surface area contributed by atoms with Gasteiger partial charge >= 0.3 is 5.91 Å². The van der Waals surface area contributed by atoms with Crippen LogP contribution in [0, 0.1) is 0 Å². The Bertz CT molecular complexity index is 1290. The predicted octanol–water partition coefficient (Wildman–Crippen LogP) is 4.16. The summed E-state index contributed by atoms with van der Waals surface area (Å²) in [6.07, 6.45) is 3.29. The summed E-state index contributed by atoms with van der Waals surface area (Å²) in [5.74, 6) is -0.765. The van der Waals surface area contributed by atoms with Gasteiger partial charge in [0.15, 0.2) is 5.76 Å². The van der Waals surface area contributed by atoms with Crippen molar-refractivity contribution in [3.63, 3.8) is 0 Å². The monoisotopic (exact) mass is 516 g/mol. The number of primary amides is 1. The predicted molar refractivity (Wildman–Crippen MR) is 118 cm³/mol. The van der Waals surface area contributed by atoms with Crippen LogP contribution in [0.2, 0.25) is 0 Å². The van der Waals surface area contributed by atoms with E-state index in [0.717, 1.165) is 30.8 Å². The number of carbonyl (C=O) groups is 2. The zero-order valence-corrected chi connectivity index (χ0v) is 18.0. The molecule has 0 bridgehead atoms. The van der Waals surface area contributed by atoms with Crippen LogP contribution in [0.3, 0.4) is 0 Å². The van der Waals surface area contributed by atoms with Crippen molar-refractivity contribution in [3.05, 3.63) is 68.9 Å². The molecule has 4 aromatic rings. The summed E-state index contributed by atoms with van der Waals surface area (Å²) in [5, 5.41) is 5.72. The molecule has 0 fully saturated rings. The number of amides is 2. The lowest BCUT2D eigenvalue weighted by Gasteiger charge is -2.00. The van der Waals surface area contributed by atoms with Crippen LogP contribution in [0.5, 0.6) is 0 Å². The van der Waals surface area contributed by atoms with Crippen LogP contribution >= 0.6 is 31.9 Å². The normalized spacial score (nSPS) is 11.5. The molecule has 0 atom stereocenters. The zero-order valence-electron chi connectivity index (χ0n) is 14.9. The number of para-hydroxylation sites is 1. The average Bonchev–Trinajstić information content (AvgIpc) is 3.24. The first-order valence-corrected chi connectivity index (χ1v) is 10.1. The van der Waals surface area contributed by atoms with Crippen LogP contribution in [-0.2, 0) is 11.3 Å². The lowest BCUT2D eigenvalue weighted by atomic mass is 10.2. The van der Waals surface area contributed by atoms with Crippen molar-refractivity contribution in [1.82, 2.24) is 9.99 Å². The van der Waals surface area contributed by atoms with Crippen molar-refractivity contribution >= 4 is 71.8 Å². The van der Waals surface area contributed by atoms with Gasteiger partial charge in [-0.1, -0.05) is 34.1 Å². The van der Waals surface area contributed by atoms with Gasteiger partial charge in [-0.3, -0.25) is 9.59 Å². The van der Waals surface area contributed by atoms with E-state index in [9.17, 15) is 9.59 Å². The molecule has 0 unspecified atom stereocenters. The fourth-order valence-corrected chi connectivity index (χ4v) is 4.42. The Morgan fingerprint density at radius 1 is 1.21 bits per heavy atom. The molecule has 0 radical (unpaired) electrons. The van der Waals surface area contributed by atoms with Gasteiger partial charge in [0.1, 0.15) is 12.1 Å². The molecule has 29 heavy (non-hydrogen) atoms. The van der Waals surface area contributed by atoms with Gasteiger partial charge in [-0.15, -0.1) is 0 Å². The van der Waals surface area contributed by atoms with E-state index in [1.54, 1.807) is 16.8 Å². The van der Waals surface area contributed by atoms with Gasteiger partial charge in [-0.2, -0.15) is 5.10 Å². The first-order chi connectivity index (χ1) is 13.9. The second kappa shape index (κ2) is 7.84. The molecule has 0 saturated carbocycles.